The van der Waals surface area contributed by atoms with E-state index in [0.29, 0.717) is 21.8 Å². The van der Waals surface area contributed by atoms with Gasteiger partial charge in [-0.1, -0.05) is 23.2 Å². The molecule has 0 saturated carbocycles. The van der Waals surface area contributed by atoms with Gasteiger partial charge >= 0.3 is 0 Å². The van der Waals surface area contributed by atoms with Crippen molar-refractivity contribution in [2.45, 2.75) is 31.9 Å². The minimum atomic E-state index is -0.550. The molecule has 1 atom stereocenters. The SMILES string of the molecule is CNC1CCN(C(=O)C(C)Oc2cc(Cl)cc(Cl)c2)CC1.Cl. The van der Waals surface area contributed by atoms with Crippen molar-refractivity contribution in [1.29, 1.82) is 0 Å². The number of amides is 1. The second-order valence-electron chi connectivity index (χ2n) is 5.25. The zero-order valence-corrected chi connectivity index (χ0v) is 15.0. The van der Waals surface area contributed by atoms with Crippen molar-refractivity contribution in [3.8, 4) is 5.75 Å². The summed E-state index contributed by atoms with van der Waals surface area (Å²) in [6, 6.07) is 5.44. The summed E-state index contributed by atoms with van der Waals surface area (Å²) in [6.07, 6.45) is 1.39. The second kappa shape index (κ2) is 8.82. The monoisotopic (exact) mass is 366 g/mol. The molecule has 0 aliphatic carbocycles. The fourth-order valence-corrected chi connectivity index (χ4v) is 3.00. The molecular formula is C15H21Cl3N2O2. The Balaban J connectivity index is 0.00000242. The number of nitrogens with one attached hydrogen (secondary N) is 1. The highest BCUT2D eigenvalue weighted by Crippen LogP contribution is 2.25. The molecule has 1 aliphatic rings. The molecule has 1 aliphatic heterocycles. The number of ether oxygens (including phenoxy) is 1. The highest BCUT2D eigenvalue weighted by Gasteiger charge is 2.26. The first kappa shape index (κ1) is 19.4. The molecule has 2 rings (SSSR count). The van der Waals surface area contributed by atoms with Gasteiger partial charge in [0.15, 0.2) is 6.10 Å². The van der Waals surface area contributed by atoms with E-state index in [2.05, 4.69) is 5.32 Å². The van der Waals surface area contributed by atoms with E-state index in [0.717, 1.165) is 25.9 Å². The predicted octanol–water partition coefficient (Wildman–Crippen LogP) is 3.39. The minimum Gasteiger partial charge on any atom is -0.481 e. The molecule has 0 radical (unpaired) electrons. The summed E-state index contributed by atoms with van der Waals surface area (Å²) in [5, 5.41) is 4.23. The highest BCUT2D eigenvalue weighted by molar-refractivity contribution is 6.34. The van der Waals surface area contributed by atoms with Crippen LogP contribution in [0.15, 0.2) is 18.2 Å². The maximum Gasteiger partial charge on any atom is 0.263 e. The number of halogens is 3. The molecular weight excluding hydrogens is 347 g/mol. The Morgan fingerprint density at radius 3 is 2.32 bits per heavy atom. The van der Waals surface area contributed by atoms with Crippen LogP contribution in [0.25, 0.3) is 0 Å². The van der Waals surface area contributed by atoms with Crippen molar-refractivity contribution in [3.63, 3.8) is 0 Å². The standard InChI is InChI=1S/C15H20Cl2N2O2.ClH/c1-10(21-14-8-11(16)7-12(17)9-14)15(20)19-5-3-13(18-2)4-6-19;/h7-10,13,18H,3-6H2,1-2H3;1H. The zero-order chi connectivity index (χ0) is 15.4. The molecule has 1 fully saturated rings. The van der Waals surface area contributed by atoms with Crippen LogP contribution in [0.3, 0.4) is 0 Å². The van der Waals surface area contributed by atoms with Gasteiger partial charge in [0.1, 0.15) is 5.75 Å². The fourth-order valence-electron chi connectivity index (χ4n) is 2.50. The zero-order valence-electron chi connectivity index (χ0n) is 12.6. The van der Waals surface area contributed by atoms with Gasteiger partial charge in [0.25, 0.3) is 5.91 Å². The summed E-state index contributed by atoms with van der Waals surface area (Å²) < 4.78 is 5.67. The van der Waals surface area contributed by atoms with Gasteiger partial charge in [0, 0.05) is 29.2 Å². The van der Waals surface area contributed by atoms with E-state index in [1.54, 1.807) is 25.1 Å². The summed E-state index contributed by atoms with van der Waals surface area (Å²) in [5.74, 6) is 0.513. The normalized spacial score (nSPS) is 16.8. The van der Waals surface area contributed by atoms with Crippen LogP contribution >= 0.6 is 35.6 Å². The molecule has 22 heavy (non-hydrogen) atoms. The van der Waals surface area contributed by atoms with Gasteiger partial charge in [-0.25, -0.2) is 0 Å². The number of likely N-dealkylation sites (tertiary alicyclic amines) is 1. The lowest BCUT2D eigenvalue weighted by Crippen LogP contribution is -2.48. The Bertz CT molecular complexity index is 485. The van der Waals surface area contributed by atoms with Crippen LogP contribution < -0.4 is 10.1 Å². The van der Waals surface area contributed by atoms with Gasteiger partial charge in [-0.3, -0.25) is 4.79 Å². The molecule has 124 valence electrons. The first-order chi connectivity index (χ1) is 9.99. The average Bonchev–Trinajstić information content (AvgIpc) is 2.45. The Morgan fingerprint density at radius 1 is 1.27 bits per heavy atom. The number of carbonyl (C=O) groups excluding carboxylic acids is 1. The van der Waals surface area contributed by atoms with E-state index >= 15 is 0 Å². The predicted molar refractivity (Wildman–Crippen MR) is 92.5 cm³/mol. The summed E-state index contributed by atoms with van der Waals surface area (Å²) >= 11 is 11.9. The fraction of sp³-hybridized carbons (Fsp3) is 0.533. The summed E-state index contributed by atoms with van der Waals surface area (Å²) in [5.41, 5.74) is 0. The van der Waals surface area contributed by atoms with Crippen LogP contribution in [-0.2, 0) is 4.79 Å². The van der Waals surface area contributed by atoms with Crippen LogP contribution in [0, 0.1) is 0 Å². The number of benzene rings is 1. The molecule has 1 saturated heterocycles. The van der Waals surface area contributed by atoms with Crippen molar-refractivity contribution < 1.29 is 9.53 Å². The van der Waals surface area contributed by atoms with Crippen LogP contribution in [0.1, 0.15) is 19.8 Å². The van der Waals surface area contributed by atoms with Gasteiger partial charge in [0.05, 0.1) is 0 Å². The van der Waals surface area contributed by atoms with E-state index in [9.17, 15) is 4.79 Å². The lowest BCUT2D eigenvalue weighted by molar-refractivity contribution is -0.139. The van der Waals surface area contributed by atoms with E-state index < -0.39 is 6.10 Å². The van der Waals surface area contributed by atoms with Crippen molar-refractivity contribution >= 4 is 41.5 Å². The van der Waals surface area contributed by atoms with Crippen LogP contribution in [0.4, 0.5) is 0 Å². The van der Waals surface area contributed by atoms with Gasteiger partial charge in [-0.15, -0.1) is 12.4 Å². The van der Waals surface area contributed by atoms with E-state index in [-0.39, 0.29) is 18.3 Å². The van der Waals surface area contributed by atoms with E-state index in [1.807, 2.05) is 11.9 Å². The van der Waals surface area contributed by atoms with Crippen molar-refractivity contribution in [2.24, 2.45) is 0 Å². The summed E-state index contributed by atoms with van der Waals surface area (Å²) in [4.78, 5) is 14.2. The van der Waals surface area contributed by atoms with Crippen molar-refractivity contribution in [3.05, 3.63) is 28.2 Å². The lowest BCUT2D eigenvalue weighted by atomic mass is 10.0. The second-order valence-corrected chi connectivity index (χ2v) is 6.13. The lowest BCUT2D eigenvalue weighted by Gasteiger charge is -2.33. The van der Waals surface area contributed by atoms with Crippen molar-refractivity contribution in [2.75, 3.05) is 20.1 Å². The topological polar surface area (TPSA) is 41.6 Å². The van der Waals surface area contributed by atoms with Crippen LogP contribution in [-0.4, -0.2) is 43.1 Å². The maximum absolute atomic E-state index is 12.4. The van der Waals surface area contributed by atoms with Crippen molar-refractivity contribution in [1.82, 2.24) is 10.2 Å². The Labute approximate surface area is 147 Å². The first-order valence-corrected chi connectivity index (χ1v) is 7.84. The number of hydrogen-bond acceptors (Lipinski definition) is 3. The van der Waals surface area contributed by atoms with Gasteiger partial charge in [0.2, 0.25) is 0 Å². The largest absolute Gasteiger partial charge is 0.481 e. The Kier molecular flexibility index (Phi) is 7.77. The average molecular weight is 368 g/mol. The third-order valence-corrected chi connectivity index (χ3v) is 4.15. The molecule has 1 N–H and O–H groups in total. The molecule has 0 spiro atoms. The molecule has 4 nitrogen and oxygen atoms in total. The molecule has 1 aromatic rings. The van der Waals surface area contributed by atoms with Crippen LogP contribution in [0.2, 0.25) is 10.0 Å². The quantitative estimate of drug-likeness (QED) is 0.887. The maximum atomic E-state index is 12.4. The number of rotatable bonds is 4. The molecule has 0 bridgehead atoms. The Morgan fingerprint density at radius 2 is 1.82 bits per heavy atom. The van der Waals surface area contributed by atoms with Gasteiger partial charge in [-0.05, 0) is 45.0 Å². The number of hydrogen-bond donors (Lipinski definition) is 1. The molecule has 1 heterocycles. The smallest absolute Gasteiger partial charge is 0.263 e. The van der Waals surface area contributed by atoms with Gasteiger partial charge in [-0.2, -0.15) is 0 Å². The Hall–Kier alpha value is -0.680. The number of carbonyl (C=O) groups is 1. The third-order valence-electron chi connectivity index (χ3n) is 3.71. The highest BCUT2D eigenvalue weighted by atomic mass is 35.5. The first-order valence-electron chi connectivity index (χ1n) is 7.08. The van der Waals surface area contributed by atoms with E-state index in [1.165, 1.54) is 0 Å². The molecule has 1 amide bonds. The number of piperidine rings is 1. The summed E-state index contributed by atoms with van der Waals surface area (Å²) in [7, 11) is 1.96. The molecule has 1 unspecified atom stereocenters. The third kappa shape index (κ3) is 5.20. The van der Waals surface area contributed by atoms with Gasteiger partial charge < -0.3 is 15.0 Å². The number of nitrogens with zero attached hydrogens (tertiary/aromatic N) is 1. The summed E-state index contributed by atoms with van der Waals surface area (Å²) in [6.45, 7) is 3.27. The minimum absolute atomic E-state index is 0. The van der Waals surface area contributed by atoms with E-state index in [4.69, 9.17) is 27.9 Å². The molecule has 0 aromatic heterocycles. The molecule has 7 heteroatoms. The molecule has 1 aromatic carbocycles. The van der Waals surface area contributed by atoms with Crippen LogP contribution in [0.5, 0.6) is 5.75 Å².